The van der Waals surface area contributed by atoms with E-state index >= 15 is 0 Å². The Labute approximate surface area is 130 Å². The van der Waals surface area contributed by atoms with Crippen LogP contribution in [0, 0.1) is 22.7 Å². The Morgan fingerprint density at radius 1 is 1.33 bits per heavy atom. The Morgan fingerprint density at radius 3 is 2.52 bits per heavy atom. The van der Waals surface area contributed by atoms with Gasteiger partial charge in [0.1, 0.15) is 6.10 Å². The Bertz CT molecular complexity index is 379. The fraction of sp³-hybridized carbons (Fsp3) is 0.944. The molecule has 4 atom stereocenters. The van der Waals surface area contributed by atoms with Crippen LogP contribution in [0.3, 0.4) is 0 Å². The van der Waals surface area contributed by atoms with E-state index in [1.54, 1.807) is 0 Å². The van der Waals surface area contributed by atoms with E-state index in [0.717, 1.165) is 31.6 Å². The van der Waals surface area contributed by atoms with Gasteiger partial charge in [-0.1, -0.05) is 34.1 Å². The van der Waals surface area contributed by atoms with Crippen LogP contribution in [0.15, 0.2) is 0 Å². The lowest BCUT2D eigenvalue weighted by Gasteiger charge is -2.38. The van der Waals surface area contributed by atoms with Crippen molar-refractivity contribution in [3.63, 3.8) is 0 Å². The second-order valence-corrected chi connectivity index (χ2v) is 7.98. The molecule has 3 heteroatoms. The average molecular weight is 295 g/mol. The third-order valence-corrected chi connectivity index (χ3v) is 6.90. The molecule has 21 heavy (non-hydrogen) atoms. The largest absolute Gasteiger partial charge is 0.462 e. The second-order valence-electron chi connectivity index (χ2n) is 7.98. The molecule has 2 rings (SSSR count). The smallest absolute Gasteiger partial charge is 0.306 e. The lowest BCUT2D eigenvalue weighted by Crippen LogP contribution is -2.38. The van der Waals surface area contributed by atoms with Crippen LogP contribution < -0.4 is 5.73 Å². The third-order valence-electron chi connectivity index (χ3n) is 6.90. The zero-order valence-electron chi connectivity index (χ0n) is 14.3. The first-order valence-corrected chi connectivity index (χ1v) is 8.74. The van der Waals surface area contributed by atoms with Crippen LogP contribution in [0.4, 0.5) is 0 Å². The summed E-state index contributed by atoms with van der Waals surface area (Å²) in [6.45, 7) is 9.91. The van der Waals surface area contributed by atoms with Gasteiger partial charge >= 0.3 is 5.97 Å². The van der Waals surface area contributed by atoms with E-state index in [1.807, 2.05) is 0 Å². The lowest BCUT2D eigenvalue weighted by molar-refractivity contribution is -0.157. The number of hydrogen-bond acceptors (Lipinski definition) is 3. The Morgan fingerprint density at radius 2 is 2.05 bits per heavy atom. The van der Waals surface area contributed by atoms with E-state index in [-0.39, 0.29) is 17.5 Å². The molecule has 0 saturated heterocycles. The van der Waals surface area contributed by atoms with Crippen LogP contribution in [0.1, 0.15) is 72.6 Å². The average Bonchev–Trinajstić information content (AvgIpc) is 2.76. The van der Waals surface area contributed by atoms with Crippen molar-refractivity contribution >= 4 is 5.97 Å². The fourth-order valence-electron chi connectivity index (χ4n) is 4.64. The molecule has 0 radical (unpaired) electrons. The van der Waals surface area contributed by atoms with Crippen molar-refractivity contribution in [2.45, 2.75) is 78.7 Å². The minimum atomic E-state index is 0.0000430. The summed E-state index contributed by atoms with van der Waals surface area (Å²) in [5.41, 5.74) is 6.10. The van der Waals surface area contributed by atoms with Gasteiger partial charge in [-0.2, -0.15) is 0 Å². The molecular formula is C18H33NO2. The SMILES string of the molecule is CCC(CCN)CCC(=O)OC1CC2CCC1(C)C2(C)C. The topological polar surface area (TPSA) is 52.3 Å². The molecule has 0 heterocycles. The molecule has 0 aromatic heterocycles. The number of fused-ring (bicyclic) bond motifs is 2. The molecule has 0 aromatic rings. The molecule has 4 unspecified atom stereocenters. The first-order valence-electron chi connectivity index (χ1n) is 8.74. The van der Waals surface area contributed by atoms with Crippen molar-refractivity contribution in [2.24, 2.45) is 28.4 Å². The highest BCUT2D eigenvalue weighted by molar-refractivity contribution is 5.69. The summed E-state index contributed by atoms with van der Waals surface area (Å²) in [5.74, 6) is 1.29. The standard InChI is InChI=1S/C18H33NO2/c1-5-13(9-11-19)6-7-16(20)21-15-12-14-8-10-18(15,4)17(14,2)3/h13-15H,5-12,19H2,1-4H3. The third kappa shape index (κ3) is 2.99. The zero-order chi connectivity index (χ0) is 15.7. The van der Waals surface area contributed by atoms with Gasteiger partial charge in [0, 0.05) is 11.8 Å². The molecule has 2 bridgehead atoms. The van der Waals surface area contributed by atoms with Crippen molar-refractivity contribution in [3.8, 4) is 0 Å². The van der Waals surface area contributed by atoms with E-state index in [2.05, 4.69) is 27.7 Å². The number of carbonyl (C=O) groups is 1. The van der Waals surface area contributed by atoms with Gasteiger partial charge in [-0.05, 0) is 55.9 Å². The number of hydrogen-bond donors (Lipinski definition) is 1. The molecule has 122 valence electrons. The Kier molecular flexibility index (Phi) is 5.02. The number of nitrogens with two attached hydrogens (primary N) is 1. The van der Waals surface area contributed by atoms with E-state index < -0.39 is 0 Å². The zero-order valence-corrected chi connectivity index (χ0v) is 14.3. The van der Waals surface area contributed by atoms with Crippen LogP contribution in [0.2, 0.25) is 0 Å². The van der Waals surface area contributed by atoms with Crippen molar-refractivity contribution in [3.05, 3.63) is 0 Å². The highest BCUT2D eigenvalue weighted by Crippen LogP contribution is 2.66. The molecule has 3 nitrogen and oxygen atoms in total. The van der Waals surface area contributed by atoms with Gasteiger partial charge in [0.25, 0.3) is 0 Å². The molecule has 2 aliphatic rings. The summed E-state index contributed by atoms with van der Waals surface area (Å²) in [6, 6.07) is 0. The molecule has 0 aromatic carbocycles. The quantitative estimate of drug-likeness (QED) is 0.725. The molecule has 2 aliphatic carbocycles. The normalized spacial score (nSPS) is 34.9. The molecular weight excluding hydrogens is 262 g/mol. The molecule has 0 amide bonds. The van der Waals surface area contributed by atoms with Crippen molar-refractivity contribution in [1.82, 2.24) is 0 Å². The first kappa shape index (κ1) is 16.8. The van der Waals surface area contributed by atoms with Gasteiger partial charge in [0.05, 0.1) is 0 Å². The van der Waals surface area contributed by atoms with Gasteiger partial charge in [0.15, 0.2) is 0 Å². The number of ether oxygens (including phenoxy) is 1. The van der Waals surface area contributed by atoms with Crippen LogP contribution in [0.5, 0.6) is 0 Å². The second kappa shape index (κ2) is 6.28. The Hall–Kier alpha value is -0.570. The molecule has 2 saturated carbocycles. The lowest BCUT2D eigenvalue weighted by atomic mass is 9.70. The maximum atomic E-state index is 12.2. The van der Waals surface area contributed by atoms with E-state index in [1.165, 1.54) is 12.8 Å². The minimum absolute atomic E-state index is 0.0000430. The van der Waals surface area contributed by atoms with E-state index in [4.69, 9.17) is 10.5 Å². The maximum absolute atomic E-state index is 12.2. The Balaban J connectivity index is 1.84. The summed E-state index contributed by atoms with van der Waals surface area (Å²) in [6.07, 6.45) is 7.28. The number of carbonyl (C=O) groups excluding carboxylic acids is 1. The molecule has 2 N–H and O–H groups in total. The monoisotopic (exact) mass is 295 g/mol. The summed E-state index contributed by atoms with van der Waals surface area (Å²) >= 11 is 0. The van der Waals surface area contributed by atoms with Crippen LogP contribution in [0.25, 0.3) is 0 Å². The van der Waals surface area contributed by atoms with Gasteiger partial charge in [-0.15, -0.1) is 0 Å². The van der Waals surface area contributed by atoms with Crippen molar-refractivity contribution in [2.75, 3.05) is 6.54 Å². The number of rotatable bonds is 7. The summed E-state index contributed by atoms with van der Waals surface area (Å²) in [7, 11) is 0. The van der Waals surface area contributed by atoms with Crippen molar-refractivity contribution in [1.29, 1.82) is 0 Å². The highest BCUT2D eigenvalue weighted by Gasteiger charge is 2.62. The number of esters is 1. The van der Waals surface area contributed by atoms with Gasteiger partial charge in [-0.3, -0.25) is 4.79 Å². The van der Waals surface area contributed by atoms with Crippen molar-refractivity contribution < 1.29 is 9.53 Å². The van der Waals surface area contributed by atoms with Gasteiger partial charge in [0.2, 0.25) is 0 Å². The van der Waals surface area contributed by atoms with Crippen LogP contribution >= 0.6 is 0 Å². The molecule has 2 fully saturated rings. The summed E-state index contributed by atoms with van der Waals surface area (Å²) in [4.78, 5) is 12.2. The highest BCUT2D eigenvalue weighted by atomic mass is 16.5. The van der Waals surface area contributed by atoms with E-state index in [0.29, 0.717) is 24.3 Å². The maximum Gasteiger partial charge on any atom is 0.306 e. The predicted molar refractivity (Wildman–Crippen MR) is 85.8 cm³/mol. The molecule has 0 aliphatic heterocycles. The summed E-state index contributed by atoms with van der Waals surface area (Å²) in [5, 5.41) is 0. The van der Waals surface area contributed by atoms with Gasteiger partial charge in [-0.25, -0.2) is 0 Å². The summed E-state index contributed by atoms with van der Waals surface area (Å²) < 4.78 is 5.89. The molecule has 0 spiro atoms. The fourth-order valence-corrected chi connectivity index (χ4v) is 4.64. The first-order chi connectivity index (χ1) is 9.85. The minimum Gasteiger partial charge on any atom is -0.462 e. The van der Waals surface area contributed by atoms with Crippen LogP contribution in [-0.2, 0) is 9.53 Å². The van der Waals surface area contributed by atoms with E-state index in [9.17, 15) is 4.79 Å². The predicted octanol–water partition coefficient (Wildman–Crippen LogP) is 3.90. The van der Waals surface area contributed by atoms with Gasteiger partial charge < -0.3 is 10.5 Å². The van der Waals surface area contributed by atoms with Crippen LogP contribution in [-0.4, -0.2) is 18.6 Å².